The summed E-state index contributed by atoms with van der Waals surface area (Å²) in [5.41, 5.74) is 16.4. The summed E-state index contributed by atoms with van der Waals surface area (Å²) in [5, 5.41) is 12.8. The number of para-hydroxylation sites is 1. The molecule has 9 aromatic rings. The Kier molecular flexibility index (Phi) is 13.6. The number of nitrogens with zero attached hydrogens (tertiary/aromatic N) is 3. The number of benzene rings is 7. The maximum Gasteiger partial charge on any atom is 0.148 e. The zero-order chi connectivity index (χ0) is 51.4. The number of phenols is 1. The molecular formula is C68H68N3OPt-. The summed E-state index contributed by atoms with van der Waals surface area (Å²) in [6.45, 7) is 13.4. The first-order valence-corrected chi connectivity index (χ1v) is 26.4. The van der Waals surface area contributed by atoms with Gasteiger partial charge in [0.25, 0.3) is 0 Å². The van der Waals surface area contributed by atoms with Crippen LogP contribution in [0.2, 0.25) is 0 Å². The van der Waals surface area contributed by atoms with Crippen molar-refractivity contribution in [2.24, 2.45) is 5.92 Å². The molecule has 2 aliphatic carbocycles. The molecule has 5 heteroatoms. The zero-order valence-corrected chi connectivity index (χ0v) is 45.5. The Labute approximate surface area is 451 Å². The predicted octanol–water partition coefficient (Wildman–Crippen LogP) is 18.3. The maximum atomic E-state index is 12.8. The Morgan fingerprint density at radius 2 is 1.21 bits per heavy atom. The molecule has 4 nitrogen and oxygen atoms in total. The van der Waals surface area contributed by atoms with Gasteiger partial charge in [-0.05, 0) is 117 Å². The van der Waals surface area contributed by atoms with Crippen molar-refractivity contribution in [3.63, 3.8) is 0 Å². The molecule has 2 heterocycles. The van der Waals surface area contributed by atoms with Crippen LogP contribution in [0.25, 0.3) is 83.9 Å². The summed E-state index contributed by atoms with van der Waals surface area (Å²) in [7, 11) is 0. The van der Waals surface area contributed by atoms with Crippen molar-refractivity contribution in [3.8, 4) is 78.6 Å². The standard InChI is InChI=1S/C68H68N3O.Pt/c1-67(2,3)55-40-53(39-54(41-55)61-42-52(35-36-69-61)49-32-30-48(31-33-49)47-21-10-7-11-22-47)57-27-18-28-63-64(57)70-66(60-44-56(68(4,5)6)43-59(65(60)72)51-25-14-9-15-26-51)71(63)62-34-29-46(37-45-19-16-17-20-45)38-58(62)50-23-12-8-13-24-50;/h8-9,12-15,18,23-36,38,40-45,47,72H,7,10-11,16-17,19-22,37H2,1-6H3;/q-1;/i37D2;. The van der Waals surface area contributed by atoms with Crippen molar-refractivity contribution >= 4 is 11.0 Å². The first kappa shape index (κ1) is 47.6. The van der Waals surface area contributed by atoms with E-state index in [0.717, 1.165) is 104 Å². The molecule has 372 valence electrons. The number of aromatic nitrogens is 3. The van der Waals surface area contributed by atoms with E-state index >= 15 is 0 Å². The first-order chi connectivity index (χ1) is 35.6. The van der Waals surface area contributed by atoms with Crippen LogP contribution in [0, 0.1) is 12.0 Å². The topological polar surface area (TPSA) is 50.9 Å². The minimum absolute atomic E-state index is 0. The Bertz CT molecular complexity index is 3480. The molecule has 2 aliphatic rings. The molecule has 7 aromatic carbocycles. The number of hydrogen-bond acceptors (Lipinski definition) is 3. The van der Waals surface area contributed by atoms with E-state index in [-0.39, 0.29) is 43.6 Å². The van der Waals surface area contributed by atoms with Crippen LogP contribution in [0.15, 0.2) is 164 Å². The van der Waals surface area contributed by atoms with Gasteiger partial charge in [0.1, 0.15) is 11.6 Å². The number of rotatable bonds is 10. The number of hydrogen-bond donors (Lipinski definition) is 1. The first-order valence-electron chi connectivity index (χ1n) is 27.4. The summed E-state index contributed by atoms with van der Waals surface area (Å²) < 4.78 is 21.3. The van der Waals surface area contributed by atoms with Gasteiger partial charge >= 0.3 is 0 Å². The molecule has 1 N–H and O–H groups in total. The van der Waals surface area contributed by atoms with E-state index in [2.05, 4.69) is 155 Å². The fraction of sp³-hybridized carbons (Fsp3) is 0.294. The van der Waals surface area contributed by atoms with Crippen molar-refractivity contribution in [1.82, 2.24) is 14.5 Å². The van der Waals surface area contributed by atoms with Crippen LogP contribution in [0.3, 0.4) is 0 Å². The molecule has 0 amide bonds. The van der Waals surface area contributed by atoms with E-state index in [0.29, 0.717) is 22.9 Å². The van der Waals surface area contributed by atoms with Gasteiger partial charge in [-0.15, -0.1) is 29.3 Å². The van der Waals surface area contributed by atoms with E-state index in [9.17, 15) is 7.85 Å². The Balaban J connectivity index is 0.00000641. The smallest absolute Gasteiger partial charge is 0.148 e. The molecule has 0 unspecified atom stereocenters. The second-order valence-electron chi connectivity index (χ2n) is 22.5. The minimum atomic E-state index is -1.51. The van der Waals surface area contributed by atoms with Gasteiger partial charge in [-0.3, -0.25) is 9.55 Å². The Hall–Kier alpha value is -6.35. The van der Waals surface area contributed by atoms with Crippen molar-refractivity contribution in [1.29, 1.82) is 0 Å². The molecule has 0 bridgehead atoms. The van der Waals surface area contributed by atoms with Gasteiger partial charge < -0.3 is 5.11 Å². The van der Waals surface area contributed by atoms with E-state index in [1.807, 2.05) is 60.8 Å². The maximum absolute atomic E-state index is 12.8. The zero-order valence-electron chi connectivity index (χ0n) is 45.2. The van der Waals surface area contributed by atoms with Crippen LogP contribution in [0.5, 0.6) is 5.75 Å². The molecule has 0 aliphatic heterocycles. The monoisotopic (exact) mass is 1140 g/mol. The van der Waals surface area contributed by atoms with Gasteiger partial charge in [-0.25, -0.2) is 4.98 Å². The number of phenolic OH excluding ortho intramolecular Hbond substituents is 1. The molecule has 0 spiro atoms. The largest absolute Gasteiger partial charge is 0.507 e. The van der Waals surface area contributed by atoms with Gasteiger partial charge in [-0.1, -0.05) is 207 Å². The molecule has 2 fully saturated rings. The van der Waals surface area contributed by atoms with E-state index in [1.165, 1.54) is 43.2 Å². The van der Waals surface area contributed by atoms with Crippen LogP contribution in [-0.4, -0.2) is 19.6 Å². The predicted molar refractivity (Wildman–Crippen MR) is 301 cm³/mol. The number of imidazole rings is 1. The van der Waals surface area contributed by atoms with Crippen LogP contribution < -0.4 is 0 Å². The summed E-state index contributed by atoms with van der Waals surface area (Å²) in [6, 6.07) is 59.0. The summed E-state index contributed by atoms with van der Waals surface area (Å²) in [5.74, 6) is 1.35. The molecular weight excluding hydrogens is 1070 g/mol. The fourth-order valence-electron chi connectivity index (χ4n) is 11.2. The van der Waals surface area contributed by atoms with Gasteiger partial charge in [-0.2, -0.15) is 0 Å². The second kappa shape index (κ2) is 20.9. The van der Waals surface area contributed by atoms with Crippen LogP contribution in [0.4, 0.5) is 0 Å². The van der Waals surface area contributed by atoms with Crippen LogP contribution in [-0.2, 0) is 38.3 Å². The molecule has 0 radical (unpaired) electrons. The van der Waals surface area contributed by atoms with Gasteiger partial charge in [0, 0.05) is 46.8 Å². The number of aromatic hydroxyl groups is 1. The van der Waals surface area contributed by atoms with Gasteiger partial charge in [0.2, 0.25) is 0 Å². The molecule has 0 saturated heterocycles. The van der Waals surface area contributed by atoms with Crippen molar-refractivity contribution in [2.45, 2.75) is 122 Å². The molecule has 2 saturated carbocycles. The van der Waals surface area contributed by atoms with E-state index in [1.54, 1.807) is 0 Å². The van der Waals surface area contributed by atoms with E-state index in [4.69, 9.17) is 9.97 Å². The average Bonchev–Trinajstić information content (AvgIpc) is 4.13. The quantitative estimate of drug-likeness (QED) is 0.139. The normalized spacial score (nSPS) is 15.3. The Morgan fingerprint density at radius 1 is 0.575 bits per heavy atom. The third-order valence-electron chi connectivity index (χ3n) is 15.4. The average molecular weight is 1140 g/mol. The van der Waals surface area contributed by atoms with Crippen molar-refractivity contribution in [3.05, 3.63) is 192 Å². The molecule has 0 atom stereocenters. The van der Waals surface area contributed by atoms with Gasteiger partial charge in [0.05, 0.1) is 22.3 Å². The molecule has 11 rings (SSSR count). The summed E-state index contributed by atoms with van der Waals surface area (Å²) in [6.07, 6.45) is 10.8. The van der Waals surface area contributed by atoms with Crippen LogP contribution >= 0.6 is 0 Å². The Morgan fingerprint density at radius 3 is 1.89 bits per heavy atom. The van der Waals surface area contributed by atoms with E-state index < -0.39 is 6.37 Å². The number of pyridine rings is 1. The summed E-state index contributed by atoms with van der Waals surface area (Å²) in [4.78, 5) is 10.7. The van der Waals surface area contributed by atoms with Crippen LogP contribution in [0.1, 0.15) is 130 Å². The second-order valence-corrected chi connectivity index (χ2v) is 22.5. The third-order valence-corrected chi connectivity index (χ3v) is 15.4. The van der Waals surface area contributed by atoms with Crippen molar-refractivity contribution in [2.75, 3.05) is 0 Å². The molecule has 2 aromatic heterocycles. The SMILES string of the molecule is [2H]C([2H])(c1ccc(-n2c(-c3cc(C(C)(C)C)cc(-c4ccccc4)c3O)nc3c(-c4[c-]c(-c5cc(-c6ccc(C7CCCCC7)cc6)ccn5)cc(C(C)(C)C)c4)cccc32)c(-c2ccccc2)c1)C1CCCC1.[Pt]. The van der Waals surface area contributed by atoms with Crippen molar-refractivity contribution < 1.29 is 28.9 Å². The third kappa shape index (κ3) is 10.4. The molecule has 73 heavy (non-hydrogen) atoms. The summed E-state index contributed by atoms with van der Waals surface area (Å²) >= 11 is 0. The fourth-order valence-corrected chi connectivity index (χ4v) is 11.2. The number of fused-ring (bicyclic) bond motifs is 1. The van der Waals surface area contributed by atoms with Gasteiger partial charge in [0.15, 0.2) is 0 Å². The minimum Gasteiger partial charge on any atom is -0.507 e.